The van der Waals surface area contributed by atoms with Crippen molar-refractivity contribution < 1.29 is 14.2 Å². The van der Waals surface area contributed by atoms with E-state index in [1.54, 1.807) is 0 Å². The average Bonchev–Trinajstić information content (AvgIpc) is 2.61. The van der Waals surface area contributed by atoms with E-state index in [0.29, 0.717) is 19.8 Å². The molecule has 0 saturated heterocycles. The van der Waals surface area contributed by atoms with Gasteiger partial charge in [-0.1, -0.05) is 18.2 Å². The second-order valence-corrected chi connectivity index (χ2v) is 5.47. The van der Waals surface area contributed by atoms with Gasteiger partial charge in [-0.25, -0.2) is 0 Å². The Hall–Kier alpha value is -2.20. The van der Waals surface area contributed by atoms with Crippen molar-refractivity contribution in [3.8, 4) is 17.2 Å². The predicted octanol–water partition coefficient (Wildman–Crippen LogP) is 3.95. The highest BCUT2D eigenvalue weighted by atomic mass is 16.5. The Labute approximate surface area is 144 Å². The van der Waals surface area contributed by atoms with E-state index in [4.69, 9.17) is 19.9 Å². The second kappa shape index (κ2) is 9.83. The highest BCUT2D eigenvalue weighted by Gasteiger charge is 2.06. The summed E-state index contributed by atoms with van der Waals surface area (Å²) in [6.07, 6.45) is 2.01. The van der Waals surface area contributed by atoms with E-state index in [1.165, 1.54) is 5.56 Å². The summed E-state index contributed by atoms with van der Waals surface area (Å²) in [6, 6.07) is 14.1. The maximum absolute atomic E-state index is 5.86. The fraction of sp³-hybridized carbons (Fsp3) is 0.400. The number of rotatable bonds is 10. The van der Waals surface area contributed by atoms with Crippen LogP contribution in [-0.2, 0) is 13.0 Å². The lowest BCUT2D eigenvalue weighted by Crippen LogP contribution is -2.01. The molecule has 24 heavy (non-hydrogen) atoms. The van der Waals surface area contributed by atoms with Gasteiger partial charge in [-0.15, -0.1) is 0 Å². The first-order valence-electron chi connectivity index (χ1n) is 8.57. The fourth-order valence-corrected chi connectivity index (χ4v) is 2.41. The number of hydrogen-bond acceptors (Lipinski definition) is 4. The maximum Gasteiger partial charge on any atom is 0.161 e. The van der Waals surface area contributed by atoms with Gasteiger partial charge in [0.15, 0.2) is 11.5 Å². The second-order valence-electron chi connectivity index (χ2n) is 5.47. The Morgan fingerprint density at radius 3 is 2.12 bits per heavy atom. The molecule has 4 nitrogen and oxygen atoms in total. The van der Waals surface area contributed by atoms with Gasteiger partial charge in [0, 0.05) is 0 Å². The molecule has 0 bridgehead atoms. The third-order valence-electron chi connectivity index (χ3n) is 3.61. The van der Waals surface area contributed by atoms with Crippen LogP contribution in [0.2, 0.25) is 0 Å². The molecule has 2 rings (SSSR count). The van der Waals surface area contributed by atoms with Crippen molar-refractivity contribution in [2.24, 2.45) is 5.73 Å². The SMILES string of the molecule is CCOc1ccc(COc2ccc(CCCN)cc2)cc1OCC. The molecule has 0 aliphatic carbocycles. The lowest BCUT2D eigenvalue weighted by atomic mass is 10.1. The van der Waals surface area contributed by atoms with Crippen molar-refractivity contribution in [3.63, 3.8) is 0 Å². The van der Waals surface area contributed by atoms with Crippen LogP contribution in [0, 0.1) is 0 Å². The van der Waals surface area contributed by atoms with Gasteiger partial charge < -0.3 is 19.9 Å². The summed E-state index contributed by atoms with van der Waals surface area (Å²) in [4.78, 5) is 0. The quantitative estimate of drug-likeness (QED) is 0.717. The van der Waals surface area contributed by atoms with Gasteiger partial charge in [0.25, 0.3) is 0 Å². The Bertz CT molecular complexity index is 611. The third-order valence-corrected chi connectivity index (χ3v) is 3.61. The van der Waals surface area contributed by atoms with Gasteiger partial charge in [0.05, 0.1) is 13.2 Å². The summed E-state index contributed by atoms with van der Waals surface area (Å²) >= 11 is 0. The van der Waals surface area contributed by atoms with Crippen molar-refractivity contribution in [2.45, 2.75) is 33.3 Å². The number of ether oxygens (including phenoxy) is 3. The van der Waals surface area contributed by atoms with Crippen LogP contribution in [0.4, 0.5) is 0 Å². The van der Waals surface area contributed by atoms with E-state index in [-0.39, 0.29) is 0 Å². The molecule has 4 heteroatoms. The molecule has 0 aliphatic rings. The van der Waals surface area contributed by atoms with Crippen molar-refractivity contribution in [1.29, 1.82) is 0 Å². The molecule has 0 amide bonds. The zero-order chi connectivity index (χ0) is 17.2. The monoisotopic (exact) mass is 329 g/mol. The van der Waals surface area contributed by atoms with Crippen LogP contribution >= 0.6 is 0 Å². The molecule has 130 valence electrons. The molecule has 0 aromatic heterocycles. The standard InChI is InChI=1S/C20H27NO3/c1-3-22-19-12-9-17(14-20(19)23-4-2)15-24-18-10-7-16(8-11-18)6-5-13-21/h7-12,14H,3-6,13,15,21H2,1-2H3. The lowest BCUT2D eigenvalue weighted by Gasteiger charge is -2.13. The highest BCUT2D eigenvalue weighted by Crippen LogP contribution is 2.29. The van der Waals surface area contributed by atoms with Gasteiger partial charge in [-0.2, -0.15) is 0 Å². The molecule has 0 saturated carbocycles. The molecule has 0 unspecified atom stereocenters. The fourth-order valence-electron chi connectivity index (χ4n) is 2.41. The van der Waals surface area contributed by atoms with Crippen LogP contribution in [0.1, 0.15) is 31.4 Å². The number of nitrogens with two attached hydrogens (primary N) is 1. The van der Waals surface area contributed by atoms with Crippen LogP contribution in [0.15, 0.2) is 42.5 Å². The van der Waals surface area contributed by atoms with E-state index < -0.39 is 0 Å². The van der Waals surface area contributed by atoms with Crippen molar-refractivity contribution >= 4 is 0 Å². The molecule has 0 fully saturated rings. The van der Waals surface area contributed by atoms with E-state index in [0.717, 1.165) is 42.2 Å². The topological polar surface area (TPSA) is 53.7 Å². The highest BCUT2D eigenvalue weighted by molar-refractivity contribution is 5.43. The van der Waals surface area contributed by atoms with Crippen LogP contribution in [0.3, 0.4) is 0 Å². The minimum Gasteiger partial charge on any atom is -0.490 e. The number of hydrogen-bond donors (Lipinski definition) is 1. The van der Waals surface area contributed by atoms with E-state index >= 15 is 0 Å². The molecule has 0 radical (unpaired) electrons. The van der Waals surface area contributed by atoms with Crippen LogP contribution in [0.5, 0.6) is 17.2 Å². The molecular formula is C20H27NO3. The Morgan fingerprint density at radius 2 is 1.46 bits per heavy atom. The molecule has 0 aliphatic heterocycles. The molecule has 0 spiro atoms. The summed E-state index contributed by atoms with van der Waals surface area (Å²) in [5, 5.41) is 0. The summed E-state index contributed by atoms with van der Waals surface area (Å²) in [5.41, 5.74) is 7.87. The largest absolute Gasteiger partial charge is 0.490 e. The van der Waals surface area contributed by atoms with E-state index in [9.17, 15) is 0 Å². The van der Waals surface area contributed by atoms with Crippen molar-refractivity contribution in [2.75, 3.05) is 19.8 Å². The molecule has 0 heterocycles. The minimum atomic E-state index is 0.495. The average molecular weight is 329 g/mol. The number of benzene rings is 2. The third kappa shape index (κ3) is 5.46. The zero-order valence-electron chi connectivity index (χ0n) is 14.6. The van der Waals surface area contributed by atoms with Gasteiger partial charge >= 0.3 is 0 Å². The predicted molar refractivity (Wildman–Crippen MR) is 96.9 cm³/mol. The van der Waals surface area contributed by atoms with Crippen LogP contribution in [-0.4, -0.2) is 19.8 Å². The lowest BCUT2D eigenvalue weighted by molar-refractivity contribution is 0.283. The van der Waals surface area contributed by atoms with E-state index in [1.807, 2.05) is 44.2 Å². The first-order chi connectivity index (χ1) is 11.8. The van der Waals surface area contributed by atoms with Gasteiger partial charge in [-0.3, -0.25) is 0 Å². The summed E-state index contributed by atoms with van der Waals surface area (Å²) in [6.45, 7) is 6.36. The van der Waals surface area contributed by atoms with Gasteiger partial charge in [-0.05, 0) is 68.6 Å². The van der Waals surface area contributed by atoms with Crippen molar-refractivity contribution in [3.05, 3.63) is 53.6 Å². The Balaban J connectivity index is 1.96. The molecule has 0 atom stereocenters. The summed E-state index contributed by atoms with van der Waals surface area (Å²) in [7, 11) is 0. The number of aryl methyl sites for hydroxylation is 1. The minimum absolute atomic E-state index is 0.495. The first kappa shape index (κ1) is 18.1. The van der Waals surface area contributed by atoms with Crippen LogP contribution < -0.4 is 19.9 Å². The van der Waals surface area contributed by atoms with Gasteiger partial charge in [0.2, 0.25) is 0 Å². The van der Waals surface area contributed by atoms with E-state index in [2.05, 4.69) is 12.1 Å². The Morgan fingerprint density at radius 1 is 0.792 bits per heavy atom. The smallest absolute Gasteiger partial charge is 0.161 e. The Kier molecular flexibility index (Phi) is 7.43. The normalized spacial score (nSPS) is 10.5. The molecular weight excluding hydrogens is 302 g/mol. The maximum atomic E-state index is 5.86. The molecule has 2 aromatic carbocycles. The first-order valence-corrected chi connectivity index (χ1v) is 8.57. The molecule has 2 N–H and O–H groups in total. The zero-order valence-corrected chi connectivity index (χ0v) is 14.6. The van der Waals surface area contributed by atoms with Crippen molar-refractivity contribution in [1.82, 2.24) is 0 Å². The summed E-state index contributed by atoms with van der Waals surface area (Å²) < 4.78 is 17.1. The van der Waals surface area contributed by atoms with Crippen LogP contribution in [0.25, 0.3) is 0 Å². The molecule has 2 aromatic rings. The summed E-state index contributed by atoms with van der Waals surface area (Å²) in [5.74, 6) is 2.39. The van der Waals surface area contributed by atoms with Gasteiger partial charge in [0.1, 0.15) is 12.4 Å².